The molecule has 0 saturated heterocycles. The van der Waals surface area contributed by atoms with E-state index in [2.05, 4.69) is 73.7 Å². The Kier molecular flexibility index (Phi) is 5.06. The number of hydrogen-bond acceptors (Lipinski definition) is 1. The van der Waals surface area contributed by atoms with Gasteiger partial charge in [-0.3, -0.25) is 0 Å². The van der Waals surface area contributed by atoms with Crippen LogP contribution in [-0.4, -0.2) is 6.61 Å². The molecule has 0 aromatic heterocycles. The van der Waals surface area contributed by atoms with Crippen LogP contribution in [-0.2, 0) is 6.42 Å². The first kappa shape index (κ1) is 16.9. The van der Waals surface area contributed by atoms with Gasteiger partial charge in [0.05, 0.1) is 6.61 Å². The molecule has 3 aromatic carbocycles. The van der Waals surface area contributed by atoms with E-state index in [1.54, 1.807) is 0 Å². The monoisotopic (exact) mass is 342 g/mol. The van der Waals surface area contributed by atoms with Crippen LogP contribution in [0.5, 0.6) is 5.75 Å². The van der Waals surface area contributed by atoms with E-state index in [4.69, 9.17) is 4.74 Å². The molecule has 0 spiro atoms. The molecule has 0 bridgehead atoms. The highest BCUT2D eigenvalue weighted by atomic mass is 16.5. The van der Waals surface area contributed by atoms with Crippen LogP contribution in [0.2, 0.25) is 0 Å². The number of ether oxygens (including phenoxy) is 1. The molecule has 0 radical (unpaired) electrons. The molecular formula is C25H26O. The molecule has 3 aromatic rings. The lowest BCUT2D eigenvalue weighted by Gasteiger charge is -2.15. The SMILES string of the molecule is CCCCCCOc1ccc(-c2ccccc2)c2c1-c1ccccc1C2. The van der Waals surface area contributed by atoms with Crippen LogP contribution >= 0.6 is 0 Å². The van der Waals surface area contributed by atoms with Crippen molar-refractivity contribution in [3.05, 3.63) is 77.9 Å². The average Bonchev–Trinajstić information content (AvgIpc) is 3.08. The van der Waals surface area contributed by atoms with E-state index in [1.165, 1.54) is 52.6 Å². The molecule has 0 aliphatic heterocycles. The minimum absolute atomic E-state index is 0.805. The van der Waals surface area contributed by atoms with Gasteiger partial charge in [-0.25, -0.2) is 0 Å². The van der Waals surface area contributed by atoms with Crippen molar-refractivity contribution in [2.24, 2.45) is 0 Å². The highest BCUT2D eigenvalue weighted by Crippen LogP contribution is 2.46. The number of rotatable bonds is 7. The topological polar surface area (TPSA) is 9.23 Å². The van der Waals surface area contributed by atoms with Gasteiger partial charge < -0.3 is 4.74 Å². The maximum atomic E-state index is 6.24. The van der Waals surface area contributed by atoms with E-state index < -0.39 is 0 Å². The van der Waals surface area contributed by atoms with Crippen LogP contribution in [0, 0.1) is 0 Å². The zero-order valence-electron chi connectivity index (χ0n) is 15.5. The molecule has 1 aliphatic carbocycles. The van der Waals surface area contributed by atoms with E-state index in [9.17, 15) is 0 Å². The van der Waals surface area contributed by atoms with E-state index in [0.717, 1.165) is 25.2 Å². The van der Waals surface area contributed by atoms with E-state index in [-0.39, 0.29) is 0 Å². The summed E-state index contributed by atoms with van der Waals surface area (Å²) in [5, 5.41) is 0. The van der Waals surface area contributed by atoms with Crippen LogP contribution in [0.4, 0.5) is 0 Å². The van der Waals surface area contributed by atoms with Crippen molar-refractivity contribution in [1.29, 1.82) is 0 Å². The molecular weight excluding hydrogens is 316 g/mol. The van der Waals surface area contributed by atoms with E-state index >= 15 is 0 Å². The quantitative estimate of drug-likeness (QED) is 0.332. The second kappa shape index (κ2) is 7.78. The summed E-state index contributed by atoms with van der Waals surface area (Å²) in [6.45, 7) is 3.05. The van der Waals surface area contributed by atoms with Gasteiger partial charge >= 0.3 is 0 Å². The summed E-state index contributed by atoms with van der Waals surface area (Å²) in [5.74, 6) is 1.04. The molecule has 0 saturated carbocycles. The highest BCUT2D eigenvalue weighted by Gasteiger charge is 2.25. The summed E-state index contributed by atoms with van der Waals surface area (Å²) in [6, 6.07) is 23.9. The Morgan fingerprint density at radius 1 is 0.769 bits per heavy atom. The van der Waals surface area contributed by atoms with E-state index in [1.807, 2.05) is 0 Å². The summed E-state index contributed by atoms with van der Waals surface area (Å²) >= 11 is 0. The molecule has 0 fully saturated rings. The Hall–Kier alpha value is -2.54. The summed E-state index contributed by atoms with van der Waals surface area (Å²) < 4.78 is 6.24. The summed E-state index contributed by atoms with van der Waals surface area (Å²) in [5.41, 5.74) is 8.06. The van der Waals surface area contributed by atoms with Gasteiger partial charge in [0.2, 0.25) is 0 Å². The smallest absolute Gasteiger partial charge is 0.127 e. The third-order valence-corrected chi connectivity index (χ3v) is 5.27. The fourth-order valence-corrected chi connectivity index (χ4v) is 3.93. The molecule has 26 heavy (non-hydrogen) atoms. The van der Waals surface area contributed by atoms with Gasteiger partial charge in [0, 0.05) is 5.56 Å². The van der Waals surface area contributed by atoms with Gasteiger partial charge in [-0.05, 0) is 46.7 Å². The molecule has 132 valence electrons. The largest absolute Gasteiger partial charge is 0.493 e. The summed E-state index contributed by atoms with van der Waals surface area (Å²) in [6.07, 6.45) is 5.91. The van der Waals surface area contributed by atoms with Crippen molar-refractivity contribution < 1.29 is 4.74 Å². The number of benzene rings is 3. The fraction of sp³-hybridized carbons (Fsp3) is 0.280. The second-order valence-electron chi connectivity index (χ2n) is 7.07. The van der Waals surface area contributed by atoms with Gasteiger partial charge in [0.1, 0.15) is 5.75 Å². The zero-order chi connectivity index (χ0) is 17.8. The third-order valence-electron chi connectivity index (χ3n) is 5.27. The minimum Gasteiger partial charge on any atom is -0.493 e. The lowest BCUT2D eigenvalue weighted by molar-refractivity contribution is 0.306. The Morgan fingerprint density at radius 2 is 1.58 bits per heavy atom. The summed E-state index contributed by atoms with van der Waals surface area (Å²) in [7, 11) is 0. The first-order valence-electron chi connectivity index (χ1n) is 9.81. The molecule has 0 unspecified atom stereocenters. The van der Waals surface area contributed by atoms with Crippen LogP contribution in [0.25, 0.3) is 22.3 Å². The van der Waals surface area contributed by atoms with Crippen LogP contribution < -0.4 is 4.74 Å². The lowest BCUT2D eigenvalue weighted by Crippen LogP contribution is -2.00. The van der Waals surface area contributed by atoms with Gasteiger partial charge in [0.15, 0.2) is 0 Å². The molecule has 0 amide bonds. The van der Waals surface area contributed by atoms with Gasteiger partial charge in [0.25, 0.3) is 0 Å². The highest BCUT2D eigenvalue weighted by molar-refractivity contribution is 5.88. The van der Waals surface area contributed by atoms with E-state index in [0.29, 0.717) is 0 Å². The third kappa shape index (κ3) is 3.26. The molecule has 4 rings (SSSR count). The Morgan fingerprint density at radius 3 is 2.42 bits per heavy atom. The van der Waals surface area contributed by atoms with Crippen molar-refractivity contribution in [2.45, 2.75) is 39.0 Å². The molecule has 0 N–H and O–H groups in total. The lowest BCUT2D eigenvalue weighted by atomic mass is 9.95. The second-order valence-corrected chi connectivity index (χ2v) is 7.07. The predicted molar refractivity (Wildman–Crippen MR) is 110 cm³/mol. The van der Waals surface area contributed by atoms with Crippen molar-refractivity contribution >= 4 is 0 Å². The van der Waals surface area contributed by atoms with Crippen molar-refractivity contribution in [1.82, 2.24) is 0 Å². The molecule has 0 heterocycles. The van der Waals surface area contributed by atoms with Gasteiger partial charge in [-0.2, -0.15) is 0 Å². The van der Waals surface area contributed by atoms with Gasteiger partial charge in [-0.15, -0.1) is 0 Å². The Balaban J connectivity index is 1.70. The normalized spacial score (nSPS) is 11.9. The maximum absolute atomic E-state index is 6.24. The standard InChI is InChI=1S/C25H26O/c1-2-3-4-10-17-26-24-16-15-21(19-11-6-5-7-12-19)23-18-20-13-8-9-14-22(20)25(23)24/h5-9,11-16H,2-4,10,17-18H2,1H3. The summed E-state index contributed by atoms with van der Waals surface area (Å²) in [4.78, 5) is 0. The van der Waals surface area contributed by atoms with Gasteiger partial charge in [-0.1, -0.05) is 86.8 Å². The maximum Gasteiger partial charge on any atom is 0.127 e. The van der Waals surface area contributed by atoms with Crippen LogP contribution in [0.3, 0.4) is 0 Å². The average molecular weight is 342 g/mol. The number of hydrogen-bond donors (Lipinski definition) is 0. The van der Waals surface area contributed by atoms with Crippen molar-refractivity contribution in [3.63, 3.8) is 0 Å². The van der Waals surface area contributed by atoms with Crippen molar-refractivity contribution in [2.75, 3.05) is 6.61 Å². The fourth-order valence-electron chi connectivity index (χ4n) is 3.93. The minimum atomic E-state index is 0.805. The molecule has 1 nitrogen and oxygen atoms in total. The van der Waals surface area contributed by atoms with Crippen LogP contribution in [0.15, 0.2) is 66.7 Å². The molecule has 0 atom stereocenters. The first-order valence-corrected chi connectivity index (χ1v) is 9.81. The Bertz CT molecular complexity index is 880. The predicted octanol–water partition coefficient (Wildman–Crippen LogP) is 6.88. The molecule has 1 heteroatoms. The number of fused-ring (bicyclic) bond motifs is 3. The van der Waals surface area contributed by atoms with Crippen molar-refractivity contribution in [3.8, 4) is 28.0 Å². The molecule has 1 aliphatic rings. The number of unbranched alkanes of at least 4 members (excludes halogenated alkanes) is 3. The zero-order valence-corrected chi connectivity index (χ0v) is 15.5. The van der Waals surface area contributed by atoms with Crippen LogP contribution in [0.1, 0.15) is 43.7 Å². The Labute approximate surface area is 156 Å². The first-order chi connectivity index (χ1) is 12.9.